The summed E-state index contributed by atoms with van der Waals surface area (Å²) < 4.78 is 5.66. The number of aromatic nitrogens is 3. The predicted molar refractivity (Wildman–Crippen MR) is 108 cm³/mol. The molecule has 10 heteroatoms. The topological polar surface area (TPSA) is 132 Å². The van der Waals surface area contributed by atoms with Crippen LogP contribution in [0.25, 0.3) is 10.8 Å². The first-order valence-corrected chi connectivity index (χ1v) is 8.74. The number of benzene rings is 2. The molecule has 0 spiro atoms. The van der Waals surface area contributed by atoms with Crippen molar-refractivity contribution in [2.75, 3.05) is 5.43 Å². The van der Waals surface area contributed by atoms with Gasteiger partial charge in [-0.2, -0.15) is 4.98 Å². The SMILES string of the molecule is O=C(NNc1ncnc(Oc2ccc3ccccc3c2)c1[N+](=O)[O-])c1ccncc1. The number of nitrogens with one attached hydrogen (secondary N) is 2. The van der Waals surface area contributed by atoms with E-state index in [1.54, 1.807) is 12.1 Å². The Bertz CT molecular complexity index is 1230. The lowest BCUT2D eigenvalue weighted by atomic mass is 10.1. The van der Waals surface area contributed by atoms with E-state index in [-0.39, 0.29) is 11.7 Å². The molecule has 0 saturated carbocycles. The van der Waals surface area contributed by atoms with Gasteiger partial charge in [0, 0.05) is 18.0 Å². The summed E-state index contributed by atoms with van der Waals surface area (Å²) in [6.45, 7) is 0. The van der Waals surface area contributed by atoms with Crippen molar-refractivity contribution < 1.29 is 14.5 Å². The van der Waals surface area contributed by atoms with E-state index >= 15 is 0 Å². The largest absolute Gasteiger partial charge is 0.434 e. The van der Waals surface area contributed by atoms with Crippen LogP contribution in [-0.2, 0) is 0 Å². The summed E-state index contributed by atoms with van der Waals surface area (Å²) in [4.78, 5) is 34.7. The van der Waals surface area contributed by atoms with Crippen LogP contribution in [-0.4, -0.2) is 25.8 Å². The van der Waals surface area contributed by atoms with E-state index in [0.29, 0.717) is 11.3 Å². The van der Waals surface area contributed by atoms with Crippen LogP contribution in [0.5, 0.6) is 11.6 Å². The van der Waals surface area contributed by atoms with Crippen LogP contribution in [0, 0.1) is 10.1 Å². The molecule has 10 nitrogen and oxygen atoms in total. The molecule has 0 atom stereocenters. The first-order chi connectivity index (χ1) is 14.6. The lowest BCUT2D eigenvalue weighted by molar-refractivity contribution is -0.385. The van der Waals surface area contributed by atoms with Crippen molar-refractivity contribution in [3.05, 3.63) is 89.0 Å². The summed E-state index contributed by atoms with van der Waals surface area (Å²) in [6, 6.07) is 15.9. The van der Waals surface area contributed by atoms with E-state index in [4.69, 9.17) is 4.74 Å². The molecule has 0 unspecified atom stereocenters. The first-order valence-electron chi connectivity index (χ1n) is 8.74. The van der Waals surface area contributed by atoms with Gasteiger partial charge in [0.2, 0.25) is 5.82 Å². The lowest BCUT2D eigenvalue weighted by Gasteiger charge is -2.10. The van der Waals surface area contributed by atoms with Gasteiger partial charge < -0.3 is 4.74 Å². The monoisotopic (exact) mass is 402 g/mol. The molecular formula is C20H14N6O4. The summed E-state index contributed by atoms with van der Waals surface area (Å²) in [5.41, 5.74) is 4.62. The van der Waals surface area contributed by atoms with E-state index in [0.717, 1.165) is 17.1 Å². The molecule has 0 saturated heterocycles. The van der Waals surface area contributed by atoms with E-state index in [9.17, 15) is 14.9 Å². The van der Waals surface area contributed by atoms with Crippen molar-refractivity contribution in [2.45, 2.75) is 0 Å². The second kappa shape index (κ2) is 8.19. The Morgan fingerprint density at radius 3 is 2.53 bits per heavy atom. The van der Waals surface area contributed by atoms with Crippen LogP contribution < -0.4 is 15.6 Å². The zero-order valence-corrected chi connectivity index (χ0v) is 15.4. The van der Waals surface area contributed by atoms with Gasteiger partial charge in [0.25, 0.3) is 5.91 Å². The number of hydrogen-bond donors (Lipinski definition) is 2. The third-order valence-electron chi connectivity index (χ3n) is 4.14. The number of nitrogens with zero attached hydrogens (tertiary/aromatic N) is 4. The highest BCUT2D eigenvalue weighted by molar-refractivity contribution is 5.94. The number of fused-ring (bicyclic) bond motifs is 1. The fourth-order valence-corrected chi connectivity index (χ4v) is 2.73. The zero-order chi connectivity index (χ0) is 20.9. The van der Waals surface area contributed by atoms with Crippen LogP contribution in [0.2, 0.25) is 0 Å². The minimum absolute atomic E-state index is 0.215. The average Bonchev–Trinajstić information content (AvgIpc) is 2.78. The zero-order valence-electron chi connectivity index (χ0n) is 15.4. The fraction of sp³-hybridized carbons (Fsp3) is 0. The molecule has 0 bridgehead atoms. The quantitative estimate of drug-likeness (QED) is 0.370. The number of pyridine rings is 1. The van der Waals surface area contributed by atoms with E-state index in [1.807, 2.05) is 30.3 Å². The molecule has 0 fully saturated rings. The molecule has 1 amide bonds. The van der Waals surface area contributed by atoms with Gasteiger partial charge in [-0.05, 0) is 35.0 Å². The van der Waals surface area contributed by atoms with Gasteiger partial charge >= 0.3 is 11.6 Å². The van der Waals surface area contributed by atoms with E-state index in [2.05, 4.69) is 25.8 Å². The number of carbonyl (C=O) groups is 1. The highest BCUT2D eigenvalue weighted by atomic mass is 16.6. The molecule has 2 aromatic carbocycles. The number of ether oxygens (including phenoxy) is 1. The van der Waals surface area contributed by atoms with Crippen LogP contribution >= 0.6 is 0 Å². The average molecular weight is 402 g/mol. The summed E-state index contributed by atoms with van der Waals surface area (Å²) in [7, 11) is 0. The van der Waals surface area contributed by atoms with Gasteiger partial charge in [-0.3, -0.25) is 30.7 Å². The normalized spacial score (nSPS) is 10.4. The Morgan fingerprint density at radius 2 is 1.77 bits per heavy atom. The maximum Gasteiger partial charge on any atom is 0.374 e. The maximum atomic E-state index is 12.2. The Morgan fingerprint density at radius 1 is 1.00 bits per heavy atom. The number of anilines is 1. The van der Waals surface area contributed by atoms with Gasteiger partial charge in [-0.25, -0.2) is 4.98 Å². The van der Waals surface area contributed by atoms with Crippen LogP contribution in [0.15, 0.2) is 73.3 Å². The van der Waals surface area contributed by atoms with Gasteiger partial charge in [-0.1, -0.05) is 30.3 Å². The van der Waals surface area contributed by atoms with Gasteiger partial charge in [0.05, 0.1) is 4.92 Å². The summed E-state index contributed by atoms with van der Waals surface area (Å²) in [5.74, 6) is -0.608. The minimum Gasteiger partial charge on any atom is -0.434 e. The molecule has 0 aliphatic heterocycles. The third-order valence-corrected chi connectivity index (χ3v) is 4.14. The number of nitro groups is 1. The van der Waals surface area contributed by atoms with Crippen molar-refractivity contribution >= 4 is 28.2 Å². The van der Waals surface area contributed by atoms with Gasteiger partial charge in [0.1, 0.15) is 12.1 Å². The number of hydrogen-bond acceptors (Lipinski definition) is 8. The van der Waals surface area contributed by atoms with E-state index in [1.165, 1.54) is 24.5 Å². The minimum atomic E-state index is -0.683. The van der Waals surface area contributed by atoms with Crippen LogP contribution in [0.1, 0.15) is 10.4 Å². The second-order valence-corrected chi connectivity index (χ2v) is 6.06. The highest BCUT2D eigenvalue weighted by Crippen LogP contribution is 2.34. The van der Waals surface area contributed by atoms with Gasteiger partial charge in [0.15, 0.2) is 0 Å². The Labute approximate surface area is 169 Å². The summed E-state index contributed by atoms with van der Waals surface area (Å²) in [6.07, 6.45) is 4.01. The van der Waals surface area contributed by atoms with Gasteiger partial charge in [-0.15, -0.1) is 0 Å². The molecular weight excluding hydrogens is 388 g/mol. The third kappa shape index (κ3) is 3.97. The van der Waals surface area contributed by atoms with Crippen molar-refractivity contribution in [3.63, 3.8) is 0 Å². The molecule has 0 aliphatic rings. The fourth-order valence-electron chi connectivity index (χ4n) is 2.73. The summed E-state index contributed by atoms with van der Waals surface area (Å²) >= 11 is 0. The highest BCUT2D eigenvalue weighted by Gasteiger charge is 2.25. The van der Waals surface area contributed by atoms with Crippen molar-refractivity contribution in [1.29, 1.82) is 0 Å². The molecule has 0 aliphatic carbocycles. The maximum absolute atomic E-state index is 12.2. The Hall–Kier alpha value is -4.60. The van der Waals surface area contributed by atoms with Crippen molar-refractivity contribution in [1.82, 2.24) is 20.4 Å². The standard InChI is InChI=1S/C20H14N6O4/c27-19(14-7-9-21-10-8-14)25-24-18-17(26(28)29)20(23-12-22-18)30-16-6-5-13-3-1-2-4-15(13)11-16/h1-12H,(H,25,27)(H,22,23,24). The first kappa shape index (κ1) is 18.7. The molecule has 30 heavy (non-hydrogen) atoms. The molecule has 4 aromatic rings. The van der Waals surface area contributed by atoms with Crippen molar-refractivity contribution in [3.8, 4) is 11.6 Å². The number of amides is 1. The molecule has 2 N–H and O–H groups in total. The van der Waals surface area contributed by atoms with E-state index < -0.39 is 16.5 Å². The Kier molecular flexibility index (Phi) is 5.12. The molecule has 0 radical (unpaired) electrons. The summed E-state index contributed by atoms with van der Waals surface area (Å²) in [5, 5.41) is 13.6. The van der Waals surface area contributed by atoms with Crippen molar-refractivity contribution in [2.24, 2.45) is 0 Å². The number of hydrazine groups is 1. The second-order valence-electron chi connectivity index (χ2n) is 6.06. The molecule has 4 rings (SSSR count). The molecule has 2 heterocycles. The predicted octanol–water partition coefficient (Wildman–Crippen LogP) is 3.48. The van der Waals surface area contributed by atoms with Crippen LogP contribution in [0.4, 0.5) is 11.5 Å². The van der Waals surface area contributed by atoms with Crippen LogP contribution in [0.3, 0.4) is 0 Å². The number of carbonyl (C=O) groups excluding carboxylic acids is 1. The Balaban J connectivity index is 1.59. The molecule has 148 valence electrons. The number of rotatable bonds is 6. The molecule has 2 aromatic heterocycles. The lowest BCUT2D eigenvalue weighted by Crippen LogP contribution is -2.30. The smallest absolute Gasteiger partial charge is 0.374 e.